The number of nitrogens with one attached hydrogen (secondary N) is 1. The summed E-state index contributed by atoms with van der Waals surface area (Å²) in [4.78, 5) is 15.7. The number of rotatable bonds is 6. The molecular formula is C21H25FN8. The Morgan fingerprint density at radius 3 is 2.83 bits per heavy atom. The molecule has 2 aromatic heterocycles. The minimum Gasteiger partial charge on any atom is -0.383 e. The lowest BCUT2D eigenvalue weighted by molar-refractivity contribution is 0.136. The number of halogens is 1. The topological polar surface area (TPSA) is 129 Å². The Morgan fingerprint density at radius 1 is 1.37 bits per heavy atom. The van der Waals surface area contributed by atoms with E-state index in [9.17, 15) is 4.39 Å². The summed E-state index contributed by atoms with van der Waals surface area (Å²) in [7, 11) is 0. The van der Waals surface area contributed by atoms with Crippen molar-refractivity contribution in [3.63, 3.8) is 0 Å². The van der Waals surface area contributed by atoms with Gasteiger partial charge in [-0.05, 0) is 37.8 Å². The number of amidine groups is 1. The van der Waals surface area contributed by atoms with Crippen molar-refractivity contribution in [3.05, 3.63) is 36.4 Å². The SMILES string of the molecule is N#CCCN1[C@@H]2CC[C@H]1CC(Nc1nc(N=C(N)/C=C(\N)F)cc3ncccc13)C2. The van der Waals surface area contributed by atoms with Crippen LogP contribution in [0.4, 0.5) is 16.0 Å². The first-order valence-corrected chi connectivity index (χ1v) is 10.2. The van der Waals surface area contributed by atoms with Crippen molar-refractivity contribution in [3.8, 4) is 6.07 Å². The highest BCUT2D eigenvalue weighted by atomic mass is 19.1. The molecule has 1 unspecified atom stereocenters. The van der Waals surface area contributed by atoms with Gasteiger partial charge in [-0.3, -0.25) is 9.88 Å². The normalized spacial score (nSPS) is 24.7. The maximum absolute atomic E-state index is 12.9. The minimum absolute atomic E-state index is 0.0624. The third-order valence-electron chi connectivity index (χ3n) is 5.82. The average molecular weight is 408 g/mol. The lowest BCUT2D eigenvalue weighted by Gasteiger charge is -2.39. The predicted octanol–water partition coefficient (Wildman–Crippen LogP) is 2.71. The van der Waals surface area contributed by atoms with Crippen LogP contribution in [0.5, 0.6) is 0 Å². The van der Waals surface area contributed by atoms with Crippen molar-refractivity contribution in [2.45, 2.75) is 50.2 Å². The largest absolute Gasteiger partial charge is 0.383 e. The molecule has 3 atom stereocenters. The summed E-state index contributed by atoms with van der Waals surface area (Å²) < 4.78 is 12.9. The van der Waals surface area contributed by atoms with Crippen molar-refractivity contribution < 1.29 is 4.39 Å². The zero-order valence-corrected chi connectivity index (χ0v) is 16.6. The van der Waals surface area contributed by atoms with Crippen LogP contribution in [0.2, 0.25) is 0 Å². The fourth-order valence-electron chi connectivity index (χ4n) is 4.66. The summed E-state index contributed by atoms with van der Waals surface area (Å²) in [6, 6.07) is 9.06. The van der Waals surface area contributed by atoms with Crippen molar-refractivity contribution in [2.24, 2.45) is 16.5 Å². The highest BCUT2D eigenvalue weighted by Gasteiger charge is 2.40. The first-order chi connectivity index (χ1) is 14.5. The zero-order valence-electron chi connectivity index (χ0n) is 16.6. The van der Waals surface area contributed by atoms with Crippen molar-refractivity contribution in [1.82, 2.24) is 14.9 Å². The van der Waals surface area contributed by atoms with Crippen molar-refractivity contribution in [1.29, 1.82) is 5.26 Å². The number of aliphatic imine (C=N–C) groups is 1. The molecule has 2 fully saturated rings. The number of piperidine rings is 1. The lowest BCUT2D eigenvalue weighted by Crippen LogP contribution is -2.47. The monoisotopic (exact) mass is 408 g/mol. The first kappa shape index (κ1) is 20.0. The highest BCUT2D eigenvalue weighted by Crippen LogP contribution is 2.37. The Balaban J connectivity index is 1.58. The van der Waals surface area contributed by atoms with E-state index in [1.807, 2.05) is 12.1 Å². The first-order valence-electron chi connectivity index (χ1n) is 10.2. The van der Waals surface area contributed by atoms with Crippen LogP contribution in [0.25, 0.3) is 10.9 Å². The summed E-state index contributed by atoms with van der Waals surface area (Å²) in [6.07, 6.45) is 7.57. The molecule has 2 aromatic rings. The fraction of sp³-hybridized carbons (Fsp3) is 0.429. The summed E-state index contributed by atoms with van der Waals surface area (Å²) in [6.45, 7) is 0.846. The van der Waals surface area contributed by atoms with Crippen LogP contribution in [0, 0.1) is 11.3 Å². The van der Waals surface area contributed by atoms with Crippen LogP contribution in [0.15, 0.2) is 41.4 Å². The number of nitriles is 1. The standard InChI is InChI=1S/C21H25FN8/c22-18(24)12-19(25)28-20-11-17-16(3-1-7-26-17)21(29-20)27-13-9-14-4-5-15(10-13)30(14)8-2-6-23/h1,3,7,11-15H,2,4-5,8-10,24H2,(H3,25,27,28,29)/b18-12-/t13?,14-,15+. The average Bonchev–Trinajstić information content (AvgIpc) is 2.93. The van der Waals surface area contributed by atoms with Gasteiger partial charge in [0.15, 0.2) is 11.8 Å². The molecule has 4 heterocycles. The van der Waals surface area contributed by atoms with Gasteiger partial charge >= 0.3 is 0 Å². The van der Waals surface area contributed by atoms with Crippen molar-refractivity contribution in [2.75, 3.05) is 11.9 Å². The molecule has 0 radical (unpaired) electrons. The van der Waals surface area contributed by atoms with Gasteiger partial charge in [-0.15, -0.1) is 0 Å². The number of fused-ring (bicyclic) bond motifs is 3. The number of hydrogen-bond acceptors (Lipinski definition) is 7. The van der Waals surface area contributed by atoms with E-state index in [0.717, 1.165) is 36.4 Å². The van der Waals surface area contributed by atoms with E-state index in [-0.39, 0.29) is 11.9 Å². The fourth-order valence-corrected chi connectivity index (χ4v) is 4.66. The summed E-state index contributed by atoms with van der Waals surface area (Å²) in [5.41, 5.74) is 11.5. The van der Waals surface area contributed by atoms with Crippen LogP contribution in [-0.4, -0.2) is 45.4 Å². The second kappa shape index (κ2) is 8.63. The quantitative estimate of drug-likeness (QED) is 0.381. The van der Waals surface area contributed by atoms with E-state index in [2.05, 4.69) is 31.2 Å². The van der Waals surface area contributed by atoms with Crippen LogP contribution < -0.4 is 16.8 Å². The molecule has 30 heavy (non-hydrogen) atoms. The van der Waals surface area contributed by atoms with E-state index in [1.54, 1.807) is 12.3 Å². The number of pyridine rings is 2. The second-order valence-corrected chi connectivity index (χ2v) is 7.81. The van der Waals surface area contributed by atoms with Gasteiger partial charge in [0.25, 0.3) is 0 Å². The van der Waals surface area contributed by atoms with Gasteiger partial charge in [-0.2, -0.15) is 9.65 Å². The van der Waals surface area contributed by atoms with Gasteiger partial charge in [0.1, 0.15) is 11.7 Å². The third-order valence-corrected chi connectivity index (χ3v) is 5.82. The Labute approximate surface area is 174 Å². The molecule has 9 heteroatoms. The molecule has 0 aromatic carbocycles. The molecule has 5 N–H and O–H groups in total. The maximum Gasteiger partial charge on any atom is 0.188 e. The Morgan fingerprint density at radius 2 is 2.13 bits per heavy atom. The van der Waals surface area contributed by atoms with E-state index < -0.39 is 5.95 Å². The Kier molecular flexibility index (Phi) is 5.77. The number of anilines is 1. The Bertz CT molecular complexity index is 1010. The smallest absolute Gasteiger partial charge is 0.188 e. The number of nitrogens with two attached hydrogens (primary N) is 2. The molecule has 2 bridgehead atoms. The molecule has 156 valence electrons. The van der Waals surface area contributed by atoms with E-state index in [1.165, 1.54) is 12.8 Å². The van der Waals surface area contributed by atoms with Gasteiger partial charge in [0.05, 0.1) is 11.6 Å². The van der Waals surface area contributed by atoms with Crippen molar-refractivity contribution >= 4 is 28.4 Å². The van der Waals surface area contributed by atoms with E-state index >= 15 is 0 Å². The molecule has 4 rings (SSSR count). The second-order valence-electron chi connectivity index (χ2n) is 7.81. The van der Waals surface area contributed by atoms with E-state index in [0.29, 0.717) is 30.1 Å². The Hall–Kier alpha value is -3.25. The molecule has 0 amide bonds. The highest BCUT2D eigenvalue weighted by molar-refractivity contribution is 5.95. The van der Waals surface area contributed by atoms with Gasteiger partial charge in [-0.1, -0.05) is 0 Å². The summed E-state index contributed by atoms with van der Waals surface area (Å²) in [5.74, 6) is 0.0621. The predicted molar refractivity (Wildman–Crippen MR) is 115 cm³/mol. The van der Waals surface area contributed by atoms with Crippen LogP contribution in [0.3, 0.4) is 0 Å². The van der Waals surface area contributed by atoms with Gasteiger partial charge in [-0.25, -0.2) is 9.98 Å². The van der Waals surface area contributed by atoms with Gasteiger partial charge in [0, 0.05) is 54.8 Å². The van der Waals surface area contributed by atoms with Crippen LogP contribution >= 0.6 is 0 Å². The minimum atomic E-state index is -0.910. The summed E-state index contributed by atoms with van der Waals surface area (Å²) in [5, 5.41) is 13.4. The van der Waals surface area contributed by atoms with E-state index in [4.69, 9.17) is 16.7 Å². The molecule has 0 spiro atoms. The maximum atomic E-state index is 12.9. The van der Waals surface area contributed by atoms with Crippen LogP contribution in [-0.2, 0) is 0 Å². The van der Waals surface area contributed by atoms with Gasteiger partial charge in [0.2, 0.25) is 0 Å². The zero-order chi connectivity index (χ0) is 21.1. The van der Waals surface area contributed by atoms with Gasteiger partial charge < -0.3 is 16.8 Å². The number of nitrogens with zero attached hydrogens (tertiary/aromatic N) is 5. The molecule has 2 aliphatic rings. The number of hydrogen-bond donors (Lipinski definition) is 3. The summed E-state index contributed by atoms with van der Waals surface area (Å²) >= 11 is 0. The molecule has 0 aliphatic carbocycles. The molecule has 2 aliphatic heterocycles. The van der Waals surface area contributed by atoms with Crippen LogP contribution in [0.1, 0.15) is 32.1 Å². The molecule has 2 saturated heterocycles. The molecule has 0 saturated carbocycles. The molecular weight excluding hydrogens is 383 g/mol. The third kappa shape index (κ3) is 4.33. The number of aromatic nitrogens is 2. The molecule has 8 nitrogen and oxygen atoms in total. The lowest BCUT2D eigenvalue weighted by atomic mass is 9.97.